The van der Waals surface area contributed by atoms with Crippen LogP contribution in [0, 0.1) is 19.8 Å². The molecule has 0 saturated heterocycles. The summed E-state index contributed by atoms with van der Waals surface area (Å²) in [6.07, 6.45) is 0. The maximum Gasteiger partial charge on any atom is 0.341 e. The first kappa shape index (κ1) is 28.4. The van der Waals surface area contributed by atoms with Crippen LogP contribution in [0.3, 0.4) is 0 Å². The molecule has 0 aliphatic carbocycles. The van der Waals surface area contributed by atoms with Gasteiger partial charge in [-0.1, -0.05) is 49.4 Å². The molecule has 0 fully saturated rings. The quantitative estimate of drug-likeness (QED) is 0.176. The Hall–Kier alpha value is -3.63. The molecule has 204 valence electrons. The number of carbonyl (C=O) groups excluding carboxylic acids is 2. The summed E-state index contributed by atoms with van der Waals surface area (Å²) in [4.78, 5) is 25.6. The van der Waals surface area contributed by atoms with Crippen LogP contribution in [0.4, 0.5) is 5.00 Å². The minimum Gasteiger partial charge on any atom is -0.493 e. The van der Waals surface area contributed by atoms with Crippen LogP contribution in [0.25, 0.3) is 22.5 Å². The van der Waals surface area contributed by atoms with Crippen LogP contribution in [0.5, 0.6) is 5.75 Å². The molecule has 4 rings (SSSR count). The minimum absolute atomic E-state index is 0.102. The van der Waals surface area contributed by atoms with Gasteiger partial charge in [-0.25, -0.2) is 4.79 Å². The molecule has 4 aromatic rings. The van der Waals surface area contributed by atoms with Gasteiger partial charge in [0.05, 0.1) is 19.5 Å². The lowest BCUT2D eigenvalue weighted by molar-refractivity contribution is -0.113. The van der Waals surface area contributed by atoms with Gasteiger partial charge in [0.1, 0.15) is 16.3 Å². The molecule has 0 aliphatic rings. The van der Waals surface area contributed by atoms with Crippen molar-refractivity contribution in [3.05, 3.63) is 64.5 Å². The molecule has 1 amide bonds. The number of rotatable bonds is 10. The molecule has 1 N–H and O–H groups in total. The third-order valence-electron chi connectivity index (χ3n) is 5.98. The van der Waals surface area contributed by atoms with Crippen molar-refractivity contribution in [3.8, 4) is 28.3 Å². The Bertz CT molecular complexity index is 1480. The highest BCUT2D eigenvalue weighted by molar-refractivity contribution is 7.99. The SMILES string of the molecule is COC(=O)c1c(-c2cc(C)ccc2C)csc1NC(=O)CSc1nnc(-c2ccc(OCC(C)C)cc2)n1C. The molecule has 0 unspecified atom stereocenters. The number of amides is 1. The number of methoxy groups -OCH3 is 1. The highest BCUT2D eigenvalue weighted by Gasteiger charge is 2.23. The third kappa shape index (κ3) is 6.69. The summed E-state index contributed by atoms with van der Waals surface area (Å²) in [5, 5.41) is 14.4. The smallest absolute Gasteiger partial charge is 0.341 e. The number of aryl methyl sites for hydroxylation is 2. The van der Waals surface area contributed by atoms with E-state index in [1.807, 2.05) is 73.3 Å². The van der Waals surface area contributed by atoms with Gasteiger partial charge in [0.25, 0.3) is 0 Å². The maximum atomic E-state index is 12.9. The number of nitrogens with one attached hydrogen (secondary N) is 1. The Balaban J connectivity index is 1.45. The molecule has 0 bridgehead atoms. The molecular weight excluding hydrogens is 532 g/mol. The zero-order chi connectivity index (χ0) is 28.1. The van der Waals surface area contributed by atoms with Gasteiger partial charge >= 0.3 is 5.97 Å². The van der Waals surface area contributed by atoms with Gasteiger partial charge in [-0.15, -0.1) is 21.5 Å². The van der Waals surface area contributed by atoms with Gasteiger partial charge in [-0.05, 0) is 55.2 Å². The summed E-state index contributed by atoms with van der Waals surface area (Å²) in [6, 6.07) is 13.8. The number of anilines is 1. The van der Waals surface area contributed by atoms with Crippen molar-refractivity contribution in [3.63, 3.8) is 0 Å². The van der Waals surface area contributed by atoms with Crippen LogP contribution >= 0.6 is 23.1 Å². The fraction of sp³-hybridized carbons (Fsp3) is 0.310. The number of thioether (sulfide) groups is 1. The van der Waals surface area contributed by atoms with Crippen molar-refractivity contribution in [2.24, 2.45) is 13.0 Å². The van der Waals surface area contributed by atoms with E-state index in [0.717, 1.165) is 33.6 Å². The Labute approximate surface area is 236 Å². The first-order valence-corrected chi connectivity index (χ1v) is 14.4. The first-order chi connectivity index (χ1) is 18.7. The largest absolute Gasteiger partial charge is 0.493 e. The Morgan fingerprint density at radius 1 is 1.08 bits per heavy atom. The minimum atomic E-state index is -0.492. The Morgan fingerprint density at radius 2 is 1.82 bits per heavy atom. The number of carbonyl (C=O) groups is 2. The second kappa shape index (κ2) is 12.5. The molecule has 39 heavy (non-hydrogen) atoms. The van der Waals surface area contributed by atoms with Crippen molar-refractivity contribution in [1.29, 1.82) is 0 Å². The number of hydrogen-bond acceptors (Lipinski definition) is 8. The zero-order valence-corrected chi connectivity index (χ0v) is 24.5. The first-order valence-electron chi connectivity index (χ1n) is 12.5. The summed E-state index contributed by atoms with van der Waals surface area (Å²) in [6.45, 7) is 8.87. The van der Waals surface area contributed by atoms with Gasteiger partial charge in [0.2, 0.25) is 5.91 Å². The lowest BCUT2D eigenvalue weighted by atomic mass is 9.97. The molecule has 0 spiro atoms. The lowest BCUT2D eigenvalue weighted by Gasteiger charge is -2.10. The Kier molecular flexibility index (Phi) is 9.08. The van der Waals surface area contributed by atoms with Crippen molar-refractivity contribution in [2.45, 2.75) is 32.9 Å². The molecular formula is C29H32N4O4S2. The normalized spacial score (nSPS) is 11.1. The van der Waals surface area contributed by atoms with E-state index in [1.54, 1.807) is 0 Å². The van der Waals surface area contributed by atoms with E-state index < -0.39 is 5.97 Å². The number of aromatic nitrogens is 3. The summed E-state index contributed by atoms with van der Waals surface area (Å²) in [7, 11) is 3.20. The number of hydrogen-bond donors (Lipinski definition) is 1. The monoisotopic (exact) mass is 564 g/mol. The average molecular weight is 565 g/mol. The summed E-state index contributed by atoms with van der Waals surface area (Å²) >= 11 is 2.58. The molecule has 2 heterocycles. The van der Waals surface area contributed by atoms with E-state index in [0.29, 0.717) is 34.1 Å². The van der Waals surface area contributed by atoms with E-state index in [1.165, 1.54) is 30.2 Å². The van der Waals surface area contributed by atoms with Crippen molar-refractivity contribution < 1.29 is 19.1 Å². The third-order valence-corrected chi connectivity index (χ3v) is 7.90. The van der Waals surface area contributed by atoms with E-state index >= 15 is 0 Å². The second-order valence-electron chi connectivity index (χ2n) is 9.59. The second-order valence-corrected chi connectivity index (χ2v) is 11.4. The molecule has 0 radical (unpaired) electrons. The van der Waals surface area contributed by atoms with E-state index in [4.69, 9.17) is 9.47 Å². The fourth-order valence-electron chi connectivity index (χ4n) is 3.93. The van der Waals surface area contributed by atoms with Crippen molar-refractivity contribution in [1.82, 2.24) is 14.8 Å². The fourth-order valence-corrected chi connectivity index (χ4v) is 5.60. The summed E-state index contributed by atoms with van der Waals surface area (Å²) in [5.74, 6) is 1.31. The van der Waals surface area contributed by atoms with Crippen LogP contribution < -0.4 is 10.1 Å². The van der Waals surface area contributed by atoms with Crippen LogP contribution in [0.2, 0.25) is 0 Å². The summed E-state index contributed by atoms with van der Waals surface area (Å²) < 4.78 is 12.7. The number of esters is 1. The Morgan fingerprint density at radius 3 is 2.51 bits per heavy atom. The van der Waals surface area contributed by atoms with Gasteiger partial charge in [0.15, 0.2) is 11.0 Å². The molecule has 0 atom stereocenters. The van der Waals surface area contributed by atoms with E-state index in [-0.39, 0.29) is 11.7 Å². The molecule has 2 aromatic heterocycles. The van der Waals surface area contributed by atoms with Gasteiger partial charge in [-0.3, -0.25) is 4.79 Å². The number of nitrogens with zero attached hydrogens (tertiary/aromatic N) is 3. The van der Waals surface area contributed by atoms with E-state index in [2.05, 4.69) is 29.4 Å². The molecule has 0 aliphatic heterocycles. The van der Waals surface area contributed by atoms with E-state index in [9.17, 15) is 9.59 Å². The highest BCUT2D eigenvalue weighted by atomic mass is 32.2. The van der Waals surface area contributed by atoms with Crippen LogP contribution in [0.1, 0.15) is 35.3 Å². The maximum absolute atomic E-state index is 12.9. The highest BCUT2D eigenvalue weighted by Crippen LogP contribution is 2.38. The molecule has 0 saturated carbocycles. The number of ether oxygens (including phenoxy) is 2. The van der Waals surface area contributed by atoms with Gasteiger partial charge in [0, 0.05) is 23.6 Å². The number of thiophene rings is 1. The lowest BCUT2D eigenvalue weighted by Crippen LogP contribution is -2.16. The zero-order valence-electron chi connectivity index (χ0n) is 22.9. The van der Waals surface area contributed by atoms with Crippen molar-refractivity contribution >= 4 is 40.0 Å². The van der Waals surface area contributed by atoms with Crippen molar-refractivity contribution in [2.75, 3.05) is 24.8 Å². The summed E-state index contributed by atoms with van der Waals surface area (Å²) in [5.41, 5.74) is 5.06. The molecule has 10 heteroatoms. The predicted octanol–water partition coefficient (Wildman–Crippen LogP) is 6.38. The van der Waals surface area contributed by atoms with Crippen LogP contribution in [-0.4, -0.2) is 46.1 Å². The average Bonchev–Trinajstić information content (AvgIpc) is 3.50. The van der Waals surface area contributed by atoms with Gasteiger partial charge in [-0.2, -0.15) is 0 Å². The standard InChI is InChI=1S/C29H32N4O4S2/c1-17(2)14-37-21-11-9-20(10-12-21)26-31-32-29(33(26)5)39-16-24(34)30-27-25(28(35)36-6)23(15-38-27)22-13-18(3)7-8-19(22)4/h7-13,15,17H,14,16H2,1-6H3,(H,30,34). The topological polar surface area (TPSA) is 95.3 Å². The molecule has 2 aromatic carbocycles. The van der Waals surface area contributed by atoms with Gasteiger partial charge < -0.3 is 19.4 Å². The molecule has 8 nitrogen and oxygen atoms in total. The number of benzene rings is 2. The van der Waals surface area contributed by atoms with Crippen LogP contribution in [-0.2, 0) is 16.6 Å². The van der Waals surface area contributed by atoms with Crippen LogP contribution in [0.15, 0.2) is 53.0 Å². The predicted molar refractivity (Wildman–Crippen MR) is 157 cm³/mol.